The van der Waals surface area contributed by atoms with E-state index in [1.54, 1.807) is 0 Å². The normalized spacial score (nSPS) is 10.4. The number of carboxylic acids is 1. The minimum atomic E-state index is -1.50. The molecule has 1 heterocycles. The van der Waals surface area contributed by atoms with E-state index in [0.29, 0.717) is 9.64 Å². The summed E-state index contributed by atoms with van der Waals surface area (Å²) in [6, 6.07) is 1.46. The molecule has 0 atom stereocenters. The lowest BCUT2D eigenvalue weighted by molar-refractivity contribution is -0.385. The zero-order valence-electron chi connectivity index (χ0n) is 9.08. The van der Waals surface area contributed by atoms with Gasteiger partial charge in [-0.05, 0) is 28.7 Å². The van der Waals surface area contributed by atoms with Crippen LogP contribution in [0.2, 0.25) is 0 Å². The van der Waals surface area contributed by atoms with Crippen molar-refractivity contribution in [3.8, 4) is 5.69 Å². The SMILES string of the molecule is O=C(O)c1cc(-n2cc(I)cn2)c(F)cc1[N+](=O)[O-]. The van der Waals surface area contributed by atoms with Crippen molar-refractivity contribution in [2.45, 2.75) is 0 Å². The number of nitrogens with zero attached hydrogens (tertiary/aromatic N) is 3. The third kappa shape index (κ3) is 2.54. The van der Waals surface area contributed by atoms with Crippen molar-refractivity contribution in [2.75, 3.05) is 0 Å². The van der Waals surface area contributed by atoms with Gasteiger partial charge < -0.3 is 5.11 Å². The van der Waals surface area contributed by atoms with E-state index in [1.165, 1.54) is 12.4 Å². The summed E-state index contributed by atoms with van der Waals surface area (Å²) in [5.41, 5.74) is -1.55. The van der Waals surface area contributed by atoms with Gasteiger partial charge in [-0.3, -0.25) is 10.1 Å². The predicted octanol–water partition coefficient (Wildman–Crippen LogP) is 2.22. The van der Waals surface area contributed by atoms with E-state index in [9.17, 15) is 19.3 Å². The van der Waals surface area contributed by atoms with E-state index in [0.717, 1.165) is 10.7 Å². The second kappa shape index (κ2) is 4.91. The molecule has 0 amide bonds. The predicted molar refractivity (Wildman–Crippen MR) is 69.9 cm³/mol. The van der Waals surface area contributed by atoms with Gasteiger partial charge in [0, 0.05) is 6.20 Å². The Kier molecular flexibility index (Phi) is 3.46. The number of aromatic nitrogens is 2. The Balaban J connectivity index is 2.67. The fourth-order valence-electron chi connectivity index (χ4n) is 1.48. The number of nitro benzene ring substituents is 1. The fourth-order valence-corrected chi connectivity index (χ4v) is 1.87. The summed E-state index contributed by atoms with van der Waals surface area (Å²) in [4.78, 5) is 20.7. The van der Waals surface area contributed by atoms with Gasteiger partial charge >= 0.3 is 5.97 Å². The van der Waals surface area contributed by atoms with Crippen LogP contribution in [0, 0.1) is 19.5 Å². The average molecular weight is 377 g/mol. The summed E-state index contributed by atoms with van der Waals surface area (Å²) in [6.45, 7) is 0. The van der Waals surface area contributed by atoms with Gasteiger partial charge in [0.15, 0.2) is 5.82 Å². The third-order valence-corrected chi connectivity index (χ3v) is 2.85. The molecular formula is C10H5FIN3O4. The van der Waals surface area contributed by atoms with Crippen molar-refractivity contribution in [1.29, 1.82) is 0 Å². The minimum absolute atomic E-state index is 0.161. The molecule has 0 aliphatic heterocycles. The summed E-state index contributed by atoms with van der Waals surface area (Å²) in [7, 11) is 0. The van der Waals surface area contributed by atoms with Crippen molar-refractivity contribution in [2.24, 2.45) is 0 Å². The number of benzene rings is 1. The Morgan fingerprint density at radius 1 is 1.53 bits per heavy atom. The summed E-state index contributed by atoms with van der Waals surface area (Å²) in [6.07, 6.45) is 2.91. The molecule has 0 saturated carbocycles. The lowest BCUT2D eigenvalue weighted by Gasteiger charge is -2.05. The number of carboxylic acid groups (broad SMARTS) is 1. The molecule has 0 aliphatic rings. The van der Waals surface area contributed by atoms with Crippen LogP contribution in [0.3, 0.4) is 0 Å². The summed E-state index contributed by atoms with van der Waals surface area (Å²) >= 11 is 1.95. The third-order valence-electron chi connectivity index (χ3n) is 2.29. The maximum absolute atomic E-state index is 13.8. The highest BCUT2D eigenvalue weighted by atomic mass is 127. The molecule has 0 spiro atoms. The fraction of sp³-hybridized carbons (Fsp3) is 0. The Hall–Kier alpha value is -2.04. The second-order valence-electron chi connectivity index (χ2n) is 3.49. The van der Waals surface area contributed by atoms with Crippen molar-refractivity contribution in [3.05, 3.63) is 49.6 Å². The average Bonchev–Trinajstić information content (AvgIpc) is 2.74. The van der Waals surface area contributed by atoms with Crippen molar-refractivity contribution in [1.82, 2.24) is 9.78 Å². The van der Waals surface area contributed by atoms with E-state index in [4.69, 9.17) is 5.11 Å². The minimum Gasteiger partial charge on any atom is -0.477 e. The lowest BCUT2D eigenvalue weighted by atomic mass is 10.1. The molecule has 0 radical (unpaired) electrons. The Morgan fingerprint density at radius 3 is 2.68 bits per heavy atom. The molecule has 0 aliphatic carbocycles. The highest BCUT2D eigenvalue weighted by Gasteiger charge is 2.24. The molecule has 0 fully saturated rings. The first-order valence-corrected chi connectivity index (χ1v) is 5.90. The molecule has 2 rings (SSSR count). The van der Waals surface area contributed by atoms with Crippen LogP contribution in [0.5, 0.6) is 0 Å². The lowest BCUT2D eigenvalue weighted by Crippen LogP contribution is -2.07. The van der Waals surface area contributed by atoms with E-state index in [2.05, 4.69) is 5.10 Å². The number of halogens is 2. The summed E-state index contributed by atoms with van der Waals surface area (Å²) < 4.78 is 15.6. The van der Waals surface area contributed by atoms with Gasteiger partial charge in [-0.15, -0.1) is 0 Å². The van der Waals surface area contributed by atoms with Gasteiger partial charge in [0.25, 0.3) is 5.69 Å². The molecule has 2 aromatic rings. The maximum Gasteiger partial charge on any atom is 0.342 e. The Bertz CT molecular complexity index is 685. The number of hydrogen-bond acceptors (Lipinski definition) is 4. The van der Waals surface area contributed by atoms with Crippen molar-refractivity contribution >= 4 is 34.2 Å². The monoisotopic (exact) mass is 377 g/mol. The smallest absolute Gasteiger partial charge is 0.342 e. The number of aromatic carboxylic acids is 1. The summed E-state index contributed by atoms with van der Waals surface area (Å²) in [5.74, 6) is -2.42. The molecule has 1 N–H and O–H groups in total. The van der Waals surface area contributed by atoms with E-state index < -0.39 is 28.0 Å². The van der Waals surface area contributed by atoms with E-state index >= 15 is 0 Å². The van der Waals surface area contributed by atoms with Crippen LogP contribution >= 0.6 is 22.6 Å². The highest BCUT2D eigenvalue weighted by Crippen LogP contribution is 2.25. The van der Waals surface area contributed by atoms with Crippen LogP contribution in [-0.2, 0) is 0 Å². The molecule has 0 saturated heterocycles. The molecule has 7 nitrogen and oxygen atoms in total. The van der Waals surface area contributed by atoms with Gasteiger partial charge in [0.2, 0.25) is 0 Å². The molecule has 0 unspecified atom stereocenters. The van der Waals surface area contributed by atoms with Gasteiger partial charge in [0.1, 0.15) is 11.3 Å². The van der Waals surface area contributed by atoms with Crippen molar-refractivity contribution < 1.29 is 19.2 Å². The molecular weight excluding hydrogens is 372 g/mol. The number of carbonyl (C=O) groups is 1. The van der Waals surface area contributed by atoms with Crippen LogP contribution < -0.4 is 0 Å². The standard InChI is InChI=1S/C10H5FIN3O4/c11-7-2-8(15(18)19)6(10(16)17)1-9(7)14-4-5(12)3-13-14/h1-4H,(H,16,17). The molecule has 1 aromatic carbocycles. The zero-order chi connectivity index (χ0) is 14.2. The van der Waals surface area contributed by atoms with Gasteiger partial charge in [-0.2, -0.15) is 5.10 Å². The zero-order valence-corrected chi connectivity index (χ0v) is 11.2. The van der Waals surface area contributed by atoms with E-state index in [-0.39, 0.29) is 5.69 Å². The van der Waals surface area contributed by atoms with Gasteiger partial charge in [-0.25, -0.2) is 13.9 Å². The van der Waals surface area contributed by atoms with E-state index in [1.807, 2.05) is 22.6 Å². The first kappa shape index (κ1) is 13.4. The highest BCUT2D eigenvalue weighted by molar-refractivity contribution is 14.1. The largest absolute Gasteiger partial charge is 0.477 e. The first-order valence-electron chi connectivity index (χ1n) is 4.82. The number of hydrogen-bond donors (Lipinski definition) is 1. The molecule has 19 heavy (non-hydrogen) atoms. The first-order chi connectivity index (χ1) is 8.90. The molecule has 1 aromatic heterocycles. The number of nitro groups is 1. The maximum atomic E-state index is 13.8. The quantitative estimate of drug-likeness (QED) is 0.503. The van der Waals surface area contributed by atoms with Crippen LogP contribution in [0.1, 0.15) is 10.4 Å². The van der Waals surface area contributed by atoms with Crippen LogP contribution in [0.15, 0.2) is 24.5 Å². The topological polar surface area (TPSA) is 98.3 Å². The Morgan fingerprint density at radius 2 is 2.21 bits per heavy atom. The van der Waals surface area contributed by atoms with Crippen LogP contribution in [-0.4, -0.2) is 25.8 Å². The Labute approximate surface area is 118 Å². The molecule has 98 valence electrons. The summed E-state index contributed by atoms with van der Waals surface area (Å²) in [5, 5.41) is 23.4. The molecule has 0 bridgehead atoms. The second-order valence-corrected chi connectivity index (χ2v) is 4.73. The van der Waals surface area contributed by atoms with Crippen molar-refractivity contribution in [3.63, 3.8) is 0 Å². The number of rotatable bonds is 3. The van der Waals surface area contributed by atoms with Crippen LogP contribution in [0.25, 0.3) is 5.69 Å². The van der Waals surface area contributed by atoms with Crippen LogP contribution in [0.4, 0.5) is 10.1 Å². The van der Waals surface area contributed by atoms with Gasteiger partial charge in [-0.1, -0.05) is 0 Å². The van der Waals surface area contributed by atoms with Gasteiger partial charge in [0.05, 0.1) is 20.8 Å². The molecule has 9 heteroatoms.